The molecule has 1 aliphatic heterocycles. The fourth-order valence-electron chi connectivity index (χ4n) is 2.19. The largest absolute Gasteiger partial charge is 0.466 e. The summed E-state index contributed by atoms with van der Waals surface area (Å²) in [6.45, 7) is 1.83. The van der Waals surface area contributed by atoms with Gasteiger partial charge in [0.15, 0.2) is 11.2 Å². The van der Waals surface area contributed by atoms with Crippen molar-refractivity contribution >= 4 is 52.3 Å². The quantitative estimate of drug-likeness (QED) is 0.145. The molecule has 3 rings (SSSR count). The van der Waals surface area contributed by atoms with Gasteiger partial charge >= 0.3 is 23.5 Å². The van der Waals surface area contributed by atoms with Crippen molar-refractivity contribution in [3.8, 4) is 0 Å². The number of nitrogens with one attached hydrogen (secondary N) is 1. The van der Waals surface area contributed by atoms with Gasteiger partial charge in [0.25, 0.3) is 5.56 Å². The molecule has 0 aromatic carbocycles. The summed E-state index contributed by atoms with van der Waals surface area (Å²) in [5, 5.41) is 19.3. The van der Waals surface area contributed by atoms with E-state index >= 15 is 0 Å². The van der Waals surface area contributed by atoms with Crippen LogP contribution in [0.15, 0.2) is 11.1 Å². The zero-order valence-corrected chi connectivity index (χ0v) is 20.1. The Hall–Kier alpha value is -1.25. The number of thioether (sulfide) groups is 1. The van der Waals surface area contributed by atoms with Gasteiger partial charge in [-0.05, 0) is 0 Å². The molecule has 4 atom stereocenters. The van der Waals surface area contributed by atoms with E-state index in [0.29, 0.717) is 5.65 Å². The van der Waals surface area contributed by atoms with E-state index in [1.165, 1.54) is 18.1 Å². The first kappa shape index (κ1) is 32.8. The Morgan fingerprint density at radius 2 is 1.35 bits per heavy atom. The maximum absolute atomic E-state index is 11.7. The van der Waals surface area contributed by atoms with Crippen molar-refractivity contribution in [3.05, 3.63) is 16.7 Å². The summed E-state index contributed by atoms with van der Waals surface area (Å²) in [6.07, 6.45) is -0.343. The first-order chi connectivity index (χ1) is 15.0. The Bertz CT molecular complexity index is 1070. The van der Waals surface area contributed by atoms with Crippen molar-refractivity contribution in [2.45, 2.75) is 29.8 Å². The molecule has 0 amide bonds. The highest BCUT2D eigenvalue weighted by atomic mass is 32.2. The van der Waals surface area contributed by atoms with E-state index in [1.54, 1.807) is 4.57 Å². The fourth-order valence-corrected chi connectivity index (χ4v) is 3.56. The van der Waals surface area contributed by atoms with Crippen LogP contribution in [-0.4, -0.2) is 91.2 Å². The van der Waals surface area contributed by atoms with Gasteiger partial charge in [-0.1, -0.05) is 6.92 Å². The third-order valence-electron chi connectivity index (χ3n) is 3.20. The van der Waals surface area contributed by atoms with Crippen LogP contribution < -0.4 is 11.3 Å². The number of anilines is 1. The molecule has 198 valence electrons. The lowest BCUT2D eigenvalue weighted by molar-refractivity contribution is 0.0206. The number of hydrogen-bond acceptors (Lipinski definition) is 10. The van der Waals surface area contributed by atoms with E-state index in [9.17, 15) is 15.0 Å². The number of imidazole rings is 1. The molecule has 0 radical (unpaired) electrons. The Morgan fingerprint density at radius 3 is 1.71 bits per heavy atom. The highest BCUT2D eigenvalue weighted by Gasteiger charge is 2.41. The van der Waals surface area contributed by atoms with Gasteiger partial charge in [-0.2, -0.15) is 4.98 Å². The number of aromatic nitrogens is 4. The third kappa shape index (κ3) is 14.2. The number of aliphatic hydroxyl groups is 2. The highest BCUT2D eigenvalue weighted by Crippen LogP contribution is 2.42. The number of nitrogens with two attached hydrogens (primary N) is 1. The smallest absolute Gasteiger partial charge is 0.389 e. The van der Waals surface area contributed by atoms with Crippen molar-refractivity contribution in [2.24, 2.45) is 0 Å². The summed E-state index contributed by atoms with van der Waals surface area (Å²) in [5.74, 6) is -0.00895. The number of phosphoric acid groups is 3. The van der Waals surface area contributed by atoms with Gasteiger partial charge in [-0.25, -0.2) is 18.7 Å². The van der Waals surface area contributed by atoms with Gasteiger partial charge in [0.2, 0.25) is 5.95 Å². The summed E-state index contributed by atoms with van der Waals surface area (Å²) in [4.78, 5) is 86.7. The van der Waals surface area contributed by atoms with Crippen LogP contribution in [0.3, 0.4) is 0 Å². The normalized spacial score (nSPS) is 22.6. The van der Waals surface area contributed by atoms with Crippen LogP contribution in [0.25, 0.3) is 11.2 Å². The Labute approximate surface area is 192 Å². The molecule has 14 N–H and O–H groups in total. The lowest BCUT2D eigenvalue weighted by atomic mass is 10.1. The average Bonchev–Trinajstić information content (AvgIpc) is 3.07. The minimum atomic E-state index is -4.64. The molecule has 0 aliphatic carbocycles. The predicted molar refractivity (Wildman–Crippen MR) is 113 cm³/mol. The molecule has 2 aromatic rings. The number of rotatable bonds is 1. The molecule has 1 fully saturated rings. The van der Waals surface area contributed by atoms with Crippen molar-refractivity contribution < 1.29 is 67.9 Å². The Morgan fingerprint density at radius 1 is 0.941 bits per heavy atom. The van der Waals surface area contributed by atoms with Crippen molar-refractivity contribution in [3.63, 3.8) is 0 Å². The first-order valence-corrected chi connectivity index (χ1v) is 13.7. The van der Waals surface area contributed by atoms with Gasteiger partial charge in [0, 0.05) is 5.25 Å². The molecular weight excluding hydrogens is 555 g/mol. The van der Waals surface area contributed by atoms with E-state index in [-0.39, 0.29) is 16.7 Å². The molecule has 0 spiro atoms. The maximum atomic E-state index is 11.7. The van der Waals surface area contributed by atoms with E-state index in [0.717, 1.165) is 0 Å². The van der Waals surface area contributed by atoms with Gasteiger partial charge in [0.05, 0.1) is 12.4 Å². The summed E-state index contributed by atoms with van der Waals surface area (Å²) < 4.78 is 28.2. The van der Waals surface area contributed by atoms with Gasteiger partial charge in [-0.15, -0.1) is 11.8 Å². The Kier molecular flexibility index (Phi) is 12.2. The summed E-state index contributed by atoms with van der Waals surface area (Å²) in [7, 11) is -13.9. The molecule has 0 saturated carbocycles. The number of fused-ring (bicyclic) bond motifs is 1. The lowest BCUT2D eigenvalue weighted by Crippen LogP contribution is -2.30. The molecular formula is C10H22N5O15P3S. The molecule has 3 heterocycles. The number of nitrogens with zero attached hydrogens (tertiary/aromatic N) is 3. The fraction of sp³-hybridized carbons (Fsp3) is 0.500. The lowest BCUT2D eigenvalue weighted by Gasteiger charge is -2.16. The SMILES string of the molecule is C[C@H]1S[C@@H](n2cnc3c(=O)[nH]c(N)nc32)[C@H](O)[C@@H]1O.O=P(O)(O)O.O=P(O)(O)O.O=P(O)(O)O. The second-order valence-electron chi connectivity index (χ2n) is 6.03. The number of nitrogen functional groups attached to an aromatic ring is 1. The van der Waals surface area contributed by atoms with E-state index in [2.05, 4.69) is 15.0 Å². The zero-order valence-electron chi connectivity index (χ0n) is 16.6. The monoisotopic (exact) mass is 577 g/mol. The van der Waals surface area contributed by atoms with Crippen molar-refractivity contribution in [1.82, 2.24) is 19.5 Å². The van der Waals surface area contributed by atoms with Crippen LogP contribution in [0.4, 0.5) is 5.95 Å². The molecule has 0 unspecified atom stereocenters. The van der Waals surface area contributed by atoms with Crippen LogP contribution >= 0.6 is 35.2 Å². The van der Waals surface area contributed by atoms with Gasteiger partial charge in [-0.3, -0.25) is 14.3 Å². The van der Waals surface area contributed by atoms with Crippen LogP contribution in [0.1, 0.15) is 12.3 Å². The zero-order chi connectivity index (χ0) is 27.2. The van der Waals surface area contributed by atoms with Crippen LogP contribution in [0.5, 0.6) is 0 Å². The van der Waals surface area contributed by atoms with Crippen molar-refractivity contribution in [1.29, 1.82) is 0 Å². The van der Waals surface area contributed by atoms with Crippen molar-refractivity contribution in [2.75, 3.05) is 5.73 Å². The Balaban J connectivity index is 0.000000599. The number of aliphatic hydroxyl groups excluding tert-OH is 2. The average molecular weight is 577 g/mol. The third-order valence-corrected chi connectivity index (χ3v) is 4.69. The number of H-pyrrole nitrogens is 1. The summed E-state index contributed by atoms with van der Waals surface area (Å²) in [5.41, 5.74) is 5.56. The van der Waals surface area contributed by atoms with Gasteiger partial charge < -0.3 is 60.0 Å². The predicted octanol–water partition coefficient (Wildman–Crippen LogP) is -3.73. The van der Waals surface area contributed by atoms with E-state index in [1.807, 2.05) is 6.92 Å². The van der Waals surface area contributed by atoms with Crippen LogP contribution in [0, 0.1) is 0 Å². The minimum absolute atomic E-state index is 0.00895. The molecule has 24 heteroatoms. The molecule has 0 bridgehead atoms. The van der Waals surface area contributed by atoms with Crippen LogP contribution in [-0.2, 0) is 13.7 Å². The minimum Gasteiger partial charge on any atom is -0.389 e. The first-order valence-electron chi connectivity index (χ1n) is 8.07. The number of aromatic amines is 1. The highest BCUT2D eigenvalue weighted by molar-refractivity contribution is 8.00. The van der Waals surface area contributed by atoms with E-state index < -0.39 is 46.6 Å². The summed E-state index contributed by atoms with van der Waals surface area (Å²) in [6, 6.07) is 0. The number of hydrogen-bond donors (Lipinski definition) is 13. The maximum Gasteiger partial charge on any atom is 0.466 e. The topological polar surface area (TPSA) is 363 Å². The standard InChI is InChI=1S/C10H13N5O3S.3H3O4P/c1-3-5(16)6(17)9(19-3)15-2-12-4-7(15)13-10(11)14-8(4)18;3*1-5(2,3)4/h2-3,5-6,9,16-17H,1H3,(H3,11,13,14,18);3*(H3,1,2,3,4)/t3-,5-,6-,9-;;;/m1.../s1. The molecule has 1 aliphatic rings. The molecule has 1 saturated heterocycles. The molecule has 34 heavy (non-hydrogen) atoms. The van der Waals surface area contributed by atoms with E-state index in [4.69, 9.17) is 63.5 Å². The second kappa shape index (κ2) is 12.6. The van der Waals surface area contributed by atoms with Crippen LogP contribution in [0.2, 0.25) is 0 Å². The molecule has 2 aromatic heterocycles. The van der Waals surface area contributed by atoms with Gasteiger partial charge in [0.1, 0.15) is 11.5 Å². The summed E-state index contributed by atoms with van der Waals surface area (Å²) >= 11 is 1.40. The second-order valence-corrected chi connectivity index (χ2v) is 10.6. The molecule has 20 nitrogen and oxygen atoms in total.